The molecule has 0 atom stereocenters. The quantitative estimate of drug-likeness (QED) is 0.445. The number of hydrogen-bond acceptors (Lipinski definition) is 2. The average Bonchev–Trinajstić information content (AvgIpc) is 2.33. The van der Waals surface area contributed by atoms with Crippen LogP contribution >= 0.6 is 11.6 Å². The largest absolute Gasteiger partial charge is 0.419 e. The monoisotopic (exact) mass is 292 g/mol. The summed E-state index contributed by atoms with van der Waals surface area (Å²) in [6.07, 6.45) is -4.54. The molecule has 0 heterocycles. The number of halogens is 6. The Balaban J connectivity index is 3.59. The molecule has 1 aromatic rings. The van der Waals surface area contributed by atoms with Crippen LogP contribution in [0.1, 0.15) is 11.1 Å². The summed E-state index contributed by atoms with van der Waals surface area (Å²) in [6, 6.07) is 2.89. The molecule has 0 unspecified atom stereocenters. The Labute approximate surface area is 108 Å². The zero-order valence-corrected chi connectivity index (χ0v) is 9.57. The summed E-state index contributed by atoms with van der Waals surface area (Å²) in [5.74, 6) is -4.01. The van der Waals surface area contributed by atoms with Gasteiger partial charge in [-0.05, 0) is 12.1 Å². The van der Waals surface area contributed by atoms with Crippen molar-refractivity contribution in [1.29, 1.82) is 10.5 Å². The van der Waals surface area contributed by atoms with Crippen LogP contribution in [0.15, 0.2) is 11.6 Å². The van der Waals surface area contributed by atoms with Crippen LogP contribution in [0.5, 0.6) is 0 Å². The molecular weight excluding hydrogens is 291 g/mol. The molecule has 0 aliphatic carbocycles. The summed E-state index contributed by atoms with van der Waals surface area (Å²) in [5.41, 5.74) is -3.27. The Hall–Kier alpha value is -2.12. The van der Waals surface area contributed by atoms with Gasteiger partial charge in [0, 0.05) is 5.56 Å². The highest BCUT2D eigenvalue weighted by molar-refractivity contribution is 6.32. The molecule has 0 N–H and O–H groups in total. The first kappa shape index (κ1) is 14.9. The fraction of sp³-hybridized carbons (Fsp3) is 0.0909. The van der Waals surface area contributed by atoms with Crippen molar-refractivity contribution in [2.75, 3.05) is 0 Å². The molecule has 0 aliphatic heterocycles. The number of rotatable bonds is 1. The van der Waals surface area contributed by atoms with Gasteiger partial charge < -0.3 is 0 Å². The van der Waals surface area contributed by atoms with Gasteiger partial charge in [0.05, 0.1) is 10.6 Å². The minimum absolute atomic E-state index is 0.193. The smallest absolute Gasteiger partial charge is 0.203 e. The molecule has 0 radical (unpaired) electrons. The van der Waals surface area contributed by atoms with Crippen molar-refractivity contribution in [3.05, 3.63) is 39.4 Å². The van der Waals surface area contributed by atoms with Crippen molar-refractivity contribution >= 4 is 17.7 Å². The Morgan fingerprint density at radius 1 is 1.16 bits per heavy atom. The lowest BCUT2D eigenvalue weighted by molar-refractivity contribution is -0.140. The molecule has 2 nitrogen and oxygen atoms in total. The van der Waals surface area contributed by atoms with Crippen molar-refractivity contribution in [1.82, 2.24) is 0 Å². The second-order valence-corrected chi connectivity index (χ2v) is 3.63. The standard InChI is InChI=1S/C11H2ClF5N2/c12-8-2-7(11(15,16)17)10(14)9(13)6(8)1-5(3-18)4-19/h1-2H. The third-order valence-corrected chi connectivity index (χ3v) is 2.34. The van der Waals surface area contributed by atoms with Gasteiger partial charge >= 0.3 is 6.18 Å². The minimum Gasteiger partial charge on any atom is -0.203 e. The van der Waals surface area contributed by atoms with E-state index in [2.05, 4.69) is 0 Å². The summed E-state index contributed by atoms with van der Waals surface area (Å²) in [5, 5.41) is 16.1. The van der Waals surface area contributed by atoms with Crippen LogP contribution in [0.25, 0.3) is 6.08 Å². The van der Waals surface area contributed by atoms with Crippen molar-refractivity contribution in [2.45, 2.75) is 6.18 Å². The third-order valence-electron chi connectivity index (χ3n) is 2.03. The molecule has 1 aromatic carbocycles. The number of nitrogens with zero attached hydrogens (tertiary/aromatic N) is 2. The lowest BCUT2D eigenvalue weighted by Gasteiger charge is -2.11. The maximum Gasteiger partial charge on any atom is 0.419 e. The predicted octanol–water partition coefficient (Wildman–Crippen LogP) is 4.07. The first-order valence-electron chi connectivity index (χ1n) is 4.49. The molecule has 0 fully saturated rings. The summed E-state index contributed by atoms with van der Waals surface area (Å²) in [4.78, 5) is 0. The summed E-state index contributed by atoms with van der Waals surface area (Å²) in [6.45, 7) is 0. The maximum absolute atomic E-state index is 13.5. The molecule has 0 aromatic heterocycles. The van der Waals surface area contributed by atoms with Gasteiger partial charge in [0.15, 0.2) is 11.6 Å². The van der Waals surface area contributed by atoms with E-state index in [9.17, 15) is 22.0 Å². The molecule has 0 spiro atoms. The number of benzene rings is 1. The van der Waals surface area contributed by atoms with Crippen LogP contribution in [0, 0.1) is 34.3 Å². The molecule has 0 amide bonds. The molecule has 8 heteroatoms. The van der Waals surface area contributed by atoms with E-state index in [-0.39, 0.29) is 6.07 Å². The van der Waals surface area contributed by atoms with Crippen molar-refractivity contribution in [3.8, 4) is 12.1 Å². The lowest BCUT2D eigenvalue weighted by Crippen LogP contribution is -2.10. The SMILES string of the molecule is N#CC(C#N)=Cc1c(Cl)cc(C(F)(F)F)c(F)c1F. The average molecular weight is 293 g/mol. The van der Waals surface area contributed by atoms with E-state index in [1.165, 1.54) is 12.1 Å². The molecule has 98 valence electrons. The maximum atomic E-state index is 13.5. The highest BCUT2D eigenvalue weighted by atomic mass is 35.5. The van der Waals surface area contributed by atoms with E-state index >= 15 is 0 Å². The number of hydrogen-bond donors (Lipinski definition) is 0. The molecule has 1 rings (SSSR count). The lowest BCUT2D eigenvalue weighted by atomic mass is 10.1. The molecular formula is C11H2ClF5N2. The normalized spacial score (nSPS) is 10.5. The molecule has 19 heavy (non-hydrogen) atoms. The van der Waals surface area contributed by atoms with E-state index in [0.717, 1.165) is 0 Å². The van der Waals surface area contributed by atoms with Gasteiger partial charge in [-0.1, -0.05) is 11.6 Å². The van der Waals surface area contributed by atoms with Crippen LogP contribution < -0.4 is 0 Å². The van der Waals surface area contributed by atoms with Crippen molar-refractivity contribution in [2.24, 2.45) is 0 Å². The van der Waals surface area contributed by atoms with Crippen LogP contribution in [0.4, 0.5) is 22.0 Å². The Bertz CT molecular complexity index is 618. The van der Waals surface area contributed by atoms with Crippen LogP contribution in [0.3, 0.4) is 0 Å². The second kappa shape index (κ2) is 5.25. The second-order valence-electron chi connectivity index (χ2n) is 3.23. The van der Waals surface area contributed by atoms with Gasteiger partial charge in [-0.3, -0.25) is 0 Å². The number of allylic oxidation sites excluding steroid dienone is 1. The van der Waals surface area contributed by atoms with Crippen molar-refractivity contribution < 1.29 is 22.0 Å². The topological polar surface area (TPSA) is 47.6 Å². The number of alkyl halides is 3. The fourth-order valence-electron chi connectivity index (χ4n) is 1.18. The highest BCUT2D eigenvalue weighted by Crippen LogP contribution is 2.36. The van der Waals surface area contributed by atoms with Crippen LogP contribution in [0.2, 0.25) is 5.02 Å². The molecule has 0 saturated carbocycles. The van der Waals surface area contributed by atoms with E-state index < -0.39 is 39.5 Å². The summed E-state index contributed by atoms with van der Waals surface area (Å²) >= 11 is 5.40. The van der Waals surface area contributed by atoms with Crippen molar-refractivity contribution in [3.63, 3.8) is 0 Å². The van der Waals surface area contributed by atoms with E-state index in [1.54, 1.807) is 0 Å². The molecule has 0 bridgehead atoms. The third kappa shape index (κ3) is 3.01. The Kier molecular flexibility index (Phi) is 4.13. The highest BCUT2D eigenvalue weighted by Gasteiger charge is 2.37. The summed E-state index contributed by atoms with van der Waals surface area (Å²) < 4.78 is 63.8. The van der Waals surface area contributed by atoms with E-state index in [1.807, 2.05) is 0 Å². The first-order chi connectivity index (χ1) is 8.72. The summed E-state index contributed by atoms with van der Waals surface area (Å²) in [7, 11) is 0. The van der Waals surface area contributed by atoms with Crippen LogP contribution in [-0.4, -0.2) is 0 Å². The number of nitriles is 2. The zero-order valence-electron chi connectivity index (χ0n) is 8.82. The Morgan fingerprint density at radius 3 is 2.11 bits per heavy atom. The zero-order chi connectivity index (χ0) is 14.8. The van der Waals surface area contributed by atoms with Gasteiger partial charge in [-0.25, -0.2) is 8.78 Å². The van der Waals surface area contributed by atoms with E-state index in [4.69, 9.17) is 22.1 Å². The Morgan fingerprint density at radius 2 is 1.68 bits per heavy atom. The minimum atomic E-state index is -5.11. The van der Waals surface area contributed by atoms with E-state index in [0.29, 0.717) is 6.08 Å². The van der Waals surface area contributed by atoms with Crippen LogP contribution in [-0.2, 0) is 6.18 Å². The first-order valence-corrected chi connectivity index (χ1v) is 4.86. The van der Waals surface area contributed by atoms with Gasteiger partial charge in [0.2, 0.25) is 0 Å². The molecule has 0 aliphatic rings. The fourth-order valence-corrected chi connectivity index (χ4v) is 1.43. The van der Waals surface area contributed by atoms with Gasteiger partial charge in [-0.2, -0.15) is 23.7 Å². The van der Waals surface area contributed by atoms with Gasteiger partial charge in [-0.15, -0.1) is 0 Å². The predicted molar refractivity (Wildman–Crippen MR) is 55.6 cm³/mol. The molecule has 0 saturated heterocycles. The van der Waals surface area contributed by atoms with Gasteiger partial charge in [0.25, 0.3) is 0 Å². The van der Waals surface area contributed by atoms with Gasteiger partial charge in [0.1, 0.15) is 17.7 Å².